The minimum absolute atomic E-state index is 0.364. The molecule has 1 unspecified atom stereocenters. The summed E-state index contributed by atoms with van der Waals surface area (Å²) in [6.07, 6.45) is 4.77. The van der Waals surface area contributed by atoms with Gasteiger partial charge in [-0.25, -0.2) is 0 Å². The van der Waals surface area contributed by atoms with Gasteiger partial charge in [-0.1, -0.05) is 6.08 Å². The molecule has 1 aliphatic rings. The van der Waals surface area contributed by atoms with Gasteiger partial charge in [0.05, 0.1) is 6.10 Å². The summed E-state index contributed by atoms with van der Waals surface area (Å²) in [6, 6.07) is 0. The van der Waals surface area contributed by atoms with E-state index in [1.54, 1.807) is 0 Å². The van der Waals surface area contributed by atoms with E-state index in [-0.39, 0.29) is 0 Å². The summed E-state index contributed by atoms with van der Waals surface area (Å²) in [5.74, 6) is 0. The summed E-state index contributed by atoms with van der Waals surface area (Å²) in [5, 5.41) is 0. The van der Waals surface area contributed by atoms with Gasteiger partial charge in [0.15, 0.2) is 0 Å². The van der Waals surface area contributed by atoms with Crippen LogP contribution in [0.2, 0.25) is 0 Å². The van der Waals surface area contributed by atoms with Crippen molar-refractivity contribution in [2.24, 2.45) is 5.73 Å². The van der Waals surface area contributed by atoms with E-state index in [0.717, 1.165) is 6.61 Å². The first-order valence-electron chi connectivity index (χ1n) is 3.83. The van der Waals surface area contributed by atoms with Crippen molar-refractivity contribution >= 4 is 0 Å². The molecule has 0 aromatic carbocycles. The summed E-state index contributed by atoms with van der Waals surface area (Å²) in [4.78, 5) is 0. The lowest BCUT2D eigenvalue weighted by atomic mass is 10.1. The van der Waals surface area contributed by atoms with Gasteiger partial charge < -0.3 is 10.5 Å². The second-order valence-electron chi connectivity index (χ2n) is 2.69. The molecule has 2 heteroatoms. The Morgan fingerprint density at radius 2 is 2.60 bits per heavy atom. The fourth-order valence-corrected chi connectivity index (χ4v) is 1.25. The normalized spacial score (nSPS) is 27.4. The summed E-state index contributed by atoms with van der Waals surface area (Å²) in [7, 11) is 0. The Morgan fingerprint density at radius 1 is 1.80 bits per heavy atom. The second-order valence-corrected chi connectivity index (χ2v) is 2.69. The molecule has 0 bridgehead atoms. The van der Waals surface area contributed by atoms with Crippen LogP contribution in [-0.4, -0.2) is 19.3 Å². The SMILES string of the molecule is C/C(=C\CN)C1CCCO1. The molecule has 2 N–H and O–H groups in total. The molecule has 1 heterocycles. The third-order valence-electron chi connectivity index (χ3n) is 1.88. The van der Waals surface area contributed by atoms with Gasteiger partial charge in [-0.05, 0) is 25.3 Å². The molecule has 0 aromatic heterocycles. The zero-order chi connectivity index (χ0) is 7.40. The van der Waals surface area contributed by atoms with E-state index in [9.17, 15) is 0 Å². The van der Waals surface area contributed by atoms with Gasteiger partial charge in [0.25, 0.3) is 0 Å². The van der Waals surface area contributed by atoms with E-state index >= 15 is 0 Å². The van der Waals surface area contributed by atoms with Crippen LogP contribution in [0.25, 0.3) is 0 Å². The lowest BCUT2D eigenvalue weighted by Crippen LogP contribution is -2.08. The van der Waals surface area contributed by atoms with E-state index < -0.39 is 0 Å². The lowest BCUT2D eigenvalue weighted by Gasteiger charge is -2.08. The quantitative estimate of drug-likeness (QED) is 0.584. The van der Waals surface area contributed by atoms with Crippen molar-refractivity contribution in [2.75, 3.05) is 13.2 Å². The van der Waals surface area contributed by atoms with Gasteiger partial charge in [0, 0.05) is 13.2 Å². The average molecular weight is 141 g/mol. The monoisotopic (exact) mass is 141 g/mol. The number of rotatable bonds is 2. The highest BCUT2D eigenvalue weighted by molar-refractivity contribution is 5.06. The summed E-state index contributed by atoms with van der Waals surface area (Å²) >= 11 is 0. The molecule has 2 nitrogen and oxygen atoms in total. The molecule has 0 spiro atoms. The predicted molar refractivity (Wildman–Crippen MR) is 41.8 cm³/mol. The highest BCUT2D eigenvalue weighted by Crippen LogP contribution is 2.18. The first-order valence-corrected chi connectivity index (χ1v) is 3.83. The van der Waals surface area contributed by atoms with Crippen molar-refractivity contribution in [2.45, 2.75) is 25.9 Å². The Bertz CT molecular complexity index is 125. The van der Waals surface area contributed by atoms with Crippen LogP contribution >= 0.6 is 0 Å². The number of ether oxygens (including phenoxy) is 1. The van der Waals surface area contributed by atoms with E-state index in [4.69, 9.17) is 10.5 Å². The molecule has 1 fully saturated rings. The molecule has 0 aliphatic carbocycles. The Hall–Kier alpha value is -0.340. The van der Waals surface area contributed by atoms with Crippen molar-refractivity contribution < 1.29 is 4.74 Å². The van der Waals surface area contributed by atoms with Gasteiger partial charge in [0.2, 0.25) is 0 Å². The number of nitrogens with two attached hydrogens (primary N) is 1. The van der Waals surface area contributed by atoms with Crippen LogP contribution < -0.4 is 5.73 Å². The van der Waals surface area contributed by atoms with Crippen LogP contribution in [0.4, 0.5) is 0 Å². The fraction of sp³-hybridized carbons (Fsp3) is 0.750. The Morgan fingerprint density at radius 3 is 3.10 bits per heavy atom. The first-order chi connectivity index (χ1) is 4.84. The molecule has 0 saturated carbocycles. The van der Waals surface area contributed by atoms with Gasteiger partial charge in [0.1, 0.15) is 0 Å². The van der Waals surface area contributed by atoms with Crippen molar-refractivity contribution in [3.05, 3.63) is 11.6 Å². The molecule has 1 saturated heterocycles. The largest absolute Gasteiger partial charge is 0.374 e. The van der Waals surface area contributed by atoms with Gasteiger partial charge in [-0.15, -0.1) is 0 Å². The van der Waals surface area contributed by atoms with Crippen molar-refractivity contribution in [1.82, 2.24) is 0 Å². The molecule has 10 heavy (non-hydrogen) atoms. The standard InChI is InChI=1S/C8H15NO/c1-7(4-5-9)8-3-2-6-10-8/h4,8H,2-3,5-6,9H2,1H3/b7-4+. The molecular formula is C8H15NO. The zero-order valence-corrected chi connectivity index (χ0v) is 6.47. The van der Waals surface area contributed by atoms with Crippen molar-refractivity contribution in [3.63, 3.8) is 0 Å². The first kappa shape index (κ1) is 7.76. The van der Waals surface area contributed by atoms with E-state index in [1.165, 1.54) is 18.4 Å². The number of hydrogen-bond donors (Lipinski definition) is 1. The molecule has 58 valence electrons. The molecule has 0 aromatic rings. The smallest absolute Gasteiger partial charge is 0.0783 e. The van der Waals surface area contributed by atoms with E-state index in [1.807, 2.05) is 6.08 Å². The average Bonchev–Trinajstić information content (AvgIpc) is 2.38. The maximum absolute atomic E-state index is 5.44. The van der Waals surface area contributed by atoms with Crippen molar-refractivity contribution in [1.29, 1.82) is 0 Å². The molecule has 0 radical (unpaired) electrons. The van der Waals surface area contributed by atoms with E-state index in [0.29, 0.717) is 12.6 Å². The van der Waals surface area contributed by atoms with Crippen LogP contribution in [0.1, 0.15) is 19.8 Å². The van der Waals surface area contributed by atoms with Gasteiger partial charge >= 0.3 is 0 Å². The fourth-order valence-electron chi connectivity index (χ4n) is 1.25. The summed E-state index contributed by atoms with van der Waals surface area (Å²) < 4.78 is 5.44. The molecular weight excluding hydrogens is 126 g/mol. The van der Waals surface area contributed by atoms with Gasteiger partial charge in [-0.3, -0.25) is 0 Å². The predicted octanol–water partition coefficient (Wildman–Crippen LogP) is 1.07. The maximum Gasteiger partial charge on any atom is 0.0783 e. The third-order valence-corrected chi connectivity index (χ3v) is 1.88. The second kappa shape index (κ2) is 3.74. The van der Waals surface area contributed by atoms with Crippen LogP contribution in [-0.2, 0) is 4.74 Å². The Kier molecular flexibility index (Phi) is 2.90. The van der Waals surface area contributed by atoms with Crippen LogP contribution in [0.15, 0.2) is 11.6 Å². The minimum Gasteiger partial charge on any atom is -0.374 e. The minimum atomic E-state index is 0.364. The molecule has 1 aliphatic heterocycles. The highest BCUT2D eigenvalue weighted by Gasteiger charge is 2.15. The lowest BCUT2D eigenvalue weighted by molar-refractivity contribution is 0.137. The summed E-state index contributed by atoms with van der Waals surface area (Å²) in [5.41, 5.74) is 6.66. The molecule has 1 rings (SSSR count). The zero-order valence-electron chi connectivity index (χ0n) is 6.47. The van der Waals surface area contributed by atoms with Crippen LogP contribution in [0.3, 0.4) is 0 Å². The van der Waals surface area contributed by atoms with Crippen molar-refractivity contribution in [3.8, 4) is 0 Å². The van der Waals surface area contributed by atoms with Crippen LogP contribution in [0.5, 0.6) is 0 Å². The molecule has 0 amide bonds. The molecule has 1 atom stereocenters. The summed E-state index contributed by atoms with van der Waals surface area (Å²) in [6.45, 7) is 3.63. The maximum atomic E-state index is 5.44. The van der Waals surface area contributed by atoms with Gasteiger partial charge in [-0.2, -0.15) is 0 Å². The number of hydrogen-bond acceptors (Lipinski definition) is 2. The highest BCUT2D eigenvalue weighted by atomic mass is 16.5. The Balaban J connectivity index is 2.39. The van der Waals surface area contributed by atoms with Crippen LogP contribution in [0, 0.1) is 0 Å². The third kappa shape index (κ3) is 1.82. The Labute approximate surface area is 62.1 Å². The van der Waals surface area contributed by atoms with E-state index in [2.05, 4.69) is 6.92 Å². The topological polar surface area (TPSA) is 35.2 Å².